The highest BCUT2D eigenvalue weighted by atomic mass is 16.4. The van der Waals surface area contributed by atoms with Crippen LogP contribution in [0.5, 0.6) is 0 Å². The van der Waals surface area contributed by atoms with Gasteiger partial charge < -0.3 is 10.2 Å². The van der Waals surface area contributed by atoms with Crippen LogP contribution in [0.25, 0.3) is 0 Å². The van der Waals surface area contributed by atoms with Gasteiger partial charge >= 0.3 is 5.97 Å². The van der Waals surface area contributed by atoms with Gasteiger partial charge in [-0.1, -0.05) is 12.1 Å². The van der Waals surface area contributed by atoms with Crippen LogP contribution < -0.4 is 11.3 Å². The predicted octanol–water partition coefficient (Wildman–Crippen LogP) is -0.202. The van der Waals surface area contributed by atoms with Crippen molar-refractivity contribution in [3.05, 3.63) is 35.4 Å². The van der Waals surface area contributed by atoms with Crippen LogP contribution in [0, 0.1) is 0 Å². The molecule has 1 amide bonds. The van der Waals surface area contributed by atoms with Gasteiger partial charge in [-0.3, -0.25) is 15.0 Å². The standard InChI is InChI=1S/C10H12N2O4/c11-12-10(16)7-3-1-6(2-4-7)8(13)5-9(14)15/h1-4,8,13H,5,11H2,(H,12,16)(H,14,15). The van der Waals surface area contributed by atoms with Crippen molar-refractivity contribution in [2.45, 2.75) is 12.5 Å². The molecular weight excluding hydrogens is 212 g/mol. The Kier molecular flexibility index (Phi) is 3.98. The van der Waals surface area contributed by atoms with Gasteiger partial charge in [-0.2, -0.15) is 0 Å². The molecule has 1 aromatic rings. The monoisotopic (exact) mass is 224 g/mol. The van der Waals surface area contributed by atoms with Gasteiger partial charge in [-0.25, -0.2) is 5.84 Å². The number of carbonyl (C=O) groups is 2. The maximum atomic E-state index is 11.1. The second-order valence-corrected chi connectivity index (χ2v) is 3.21. The number of nitrogens with two attached hydrogens (primary N) is 1. The smallest absolute Gasteiger partial charge is 0.306 e. The topological polar surface area (TPSA) is 113 Å². The van der Waals surface area contributed by atoms with Crippen molar-refractivity contribution < 1.29 is 19.8 Å². The molecule has 0 fully saturated rings. The number of aliphatic carboxylic acids is 1. The number of carboxylic acids is 1. The Morgan fingerprint density at radius 2 is 1.88 bits per heavy atom. The van der Waals surface area contributed by atoms with Gasteiger partial charge in [0.25, 0.3) is 5.91 Å². The summed E-state index contributed by atoms with van der Waals surface area (Å²) < 4.78 is 0. The fraction of sp³-hybridized carbons (Fsp3) is 0.200. The molecule has 86 valence electrons. The molecule has 0 radical (unpaired) electrons. The van der Waals surface area contributed by atoms with Crippen LogP contribution in [0.15, 0.2) is 24.3 Å². The van der Waals surface area contributed by atoms with Crippen molar-refractivity contribution >= 4 is 11.9 Å². The van der Waals surface area contributed by atoms with Crippen LogP contribution in [-0.4, -0.2) is 22.1 Å². The summed E-state index contributed by atoms with van der Waals surface area (Å²) in [4.78, 5) is 21.4. The normalized spacial score (nSPS) is 11.9. The molecule has 0 aliphatic rings. The average molecular weight is 224 g/mol. The second-order valence-electron chi connectivity index (χ2n) is 3.21. The van der Waals surface area contributed by atoms with Crippen molar-refractivity contribution in [1.82, 2.24) is 5.43 Å². The lowest BCUT2D eigenvalue weighted by Gasteiger charge is -2.08. The number of carboxylic acid groups (broad SMARTS) is 1. The Morgan fingerprint density at radius 1 is 1.31 bits per heavy atom. The van der Waals surface area contributed by atoms with E-state index in [-0.39, 0.29) is 6.42 Å². The molecule has 0 saturated heterocycles. The first kappa shape index (κ1) is 12.2. The zero-order valence-electron chi connectivity index (χ0n) is 8.38. The van der Waals surface area contributed by atoms with E-state index in [1.807, 2.05) is 5.43 Å². The lowest BCUT2D eigenvalue weighted by Crippen LogP contribution is -2.29. The van der Waals surface area contributed by atoms with E-state index in [2.05, 4.69) is 0 Å². The first-order valence-corrected chi connectivity index (χ1v) is 4.55. The number of amides is 1. The summed E-state index contributed by atoms with van der Waals surface area (Å²) in [5.41, 5.74) is 2.75. The van der Waals surface area contributed by atoms with Gasteiger partial charge in [0, 0.05) is 5.56 Å². The van der Waals surface area contributed by atoms with Crippen molar-refractivity contribution in [2.75, 3.05) is 0 Å². The third kappa shape index (κ3) is 3.04. The van der Waals surface area contributed by atoms with E-state index in [0.29, 0.717) is 11.1 Å². The second kappa shape index (κ2) is 5.24. The third-order valence-corrected chi connectivity index (χ3v) is 2.06. The first-order chi connectivity index (χ1) is 7.54. The molecule has 0 spiro atoms. The molecule has 1 rings (SSSR count). The van der Waals surface area contributed by atoms with Crippen molar-refractivity contribution in [2.24, 2.45) is 5.84 Å². The molecule has 0 aliphatic carbocycles. The number of aliphatic hydroxyl groups is 1. The summed E-state index contributed by atoms with van der Waals surface area (Å²) >= 11 is 0. The molecule has 0 heterocycles. The zero-order valence-corrected chi connectivity index (χ0v) is 8.38. The molecule has 5 N–H and O–H groups in total. The molecule has 6 nitrogen and oxygen atoms in total. The molecular formula is C10H12N2O4. The SMILES string of the molecule is NNC(=O)c1ccc(C(O)CC(=O)O)cc1. The molecule has 1 aromatic carbocycles. The number of nitrogen functional groups attached to an aromatic ring is 1. The van der Waals surface area contributed by atoms with Gasteiger partial charge in [-0.05, 0) is 17.7 Å². The van der Waals surface area contributed by atoms with E-state index in [0.717, 1.165) is 0 Å². The Labute approximate surface area is 91.7 Å². The van der Waals surface area contributed by atoms with Crippen LogP contribution in [-0.2, 0) is 4.79 Å². The summed E-state index contributed by atoms with van der Waals surface area (Å²) in [5, 5.41) is 18.0. The molecule has 0 aromatic heterocycles. The quantitative estimate of drug-likeness (QED) is 0.321. The van der Waals surface area contributed by atoms with Gasteiger partial charge in [-0.15, -0.1) is 0 Å². The van der Waals surface area contributed by atoms with E-state index in [1.54, 1.807) is 0 Å². The molecule has 16 heavy (non-hydrogen) atoms. The largest absolute Gasteiger partial charge is 0.481 e. The minimum absolute atomic E-state index is 0.341. The fourth-order valence-corrected chi connectivity index (χ4v) is 1.22. The summed E-state index contributed by atoms with van der Waals surface area (Å²) in [5.74, 6) is 3.41. The summed E-state index contributed by atoms with van der Waals surface area (Å²) in [7, 11) is 0. The molecule has 1 unspecified atom stereocenters. The number of benzene rings is 1. The number of carbonyl (C=O) groups excluding carboxylic acids is 1. The van der Waals surface area contributed by atoms with Crippen molar-refractivity contribution in [3.63, 3.8) is 0 Å². The Hall–Kier alpha value is -1.92. The highest BCUT2D eigenvalue weighted by Gasteiger charge is 2.12. The number of rotatable bonds is 4. The van der Waals surface area contributed by atoms with Crippen LogP contribution in [0.4, 0.5) is 0 Å². The van der Waals surface area contributed by atoms with Crippen molar-refractivity contribution in [3.8, 4) is 0 Å². The van der Waals surface area contributed by atoms with E-state index >= 15 is 0 Å². The molecule has 6 heteroatoms. The number of hydrogen-bond acceptors (Lipinski definition) is 4. The first-order valence-electron chi connectivity index (χ1n) is 4.55. The summed E-state index contributed by atoms with van der Waals surface area (Å²) in [6, 6.07) is 5.89. The predicted molar refractivity (Wildman–Crippen MR) is 55.3 cm³/mol. The van der Waals surface area contributed by atoms with Gasteiger partial charge in [0.1, 0.15) is 0 Å². The lowest BCUT2D eigenvalue weighted by molar-refractivity contribution is -0.139. The molecule has 0 saturated carbocycles. The number of hydrazine groups is 1. The van der Waals surface area contributed by atoms with Crippen LogP contribution in [0.2, 0.25) is 0 Å². The Morgan fingerprint density at radius 3 is 2.31 bits per heavy atom. The van der Waals surface area contributed by atoms with E-state index < -0.39 is 18.0 Å². The van der Waals surface area contributed by atoms with Crippen LogP contribution >= 0.6 is 0 Å². The van der Waals surface area contributed by atoms with E-state index in [1.165, 1.54) is 24.3 Å². The maximum absolute atomic E-state index is 11.1. The molecule has 1 atom stereocenters. The number of nitrogens with one attached hydrogen (secondary N) is 1. The minimum atomic E-state index is -1.09. The maximum Gasteiger partial charge on any atom is 0.306 e. The highest BCUT2D eigenvalue weighted by molar-refractivity contribution is 5.93. The van der Waals surface area contributed by atoms with Crippen LogP contribution in [0.3, 0.4) is 0 Å². The Bertz CT molecular complexity index is 388. The number of hydrogen-bond donors (Lipinski definition) is 4. The highest BCUT2D eigenvalue weighted by Crippen LogP contribution is 2.16. The van der Waals surface area contributed by atoms with E-state index in [9.17, 15) is 14.7 Å². The lowest BCUT2D eigenvalue weighted by atomic mass is 10.0. The summed E-state index contributed by atoms with van der Waals surface area (Å²) in [6.07, 6.45) is -1.45. The minimum Gasteiger partial charge on any atom is -0.481 e. The Balaban J connectivity index is 2.78. The third-order valence-electron chi connectivity index (χ3n) is 2.06. The van der Waals surface area contributed by atoms with Gasteiger partial charge in [0.2, 0.25) is 0 Å². The van der Waals surface area contributed by atoms with Gasteiger partial charge in [0.05, 0.1) is 12.5 Å². The number of aliphatic hydroxyl groups excluding tert-OH is 1. The summed E-state index contributed by atoms with van der Waals surface area (Å²) in [6.45, 7) is 0. The molecule has 0 bridgehead atoms. The van der Waals surface area contributed by atoms with Crippen molar-refractivity contribution in [1.29, 1.82) is 0 Å². The zero-order chi connectivity index (χ0) is 12.1. The molecule has 0 aliphatic heterocycles. The van der Waals surface area contributed by atoms with E-state index in [4.69, 9.17) is 10.9 Å². The van der Waals surface area contributed by atoms with Crippen LogP contribution in [0.1, 0.15) is 28.4 Å². The fourth-order valence-electron chi connectivity index (χ4n) is 1.22. The van der Waals surface area contributed by atoms with Gasteiger partial charge in [0.15, 0.2) is 0 Å². The average Bonchev–Trinajstić information content (AvgIpc) is 2.27.